The Bertz CT molecular complexity index is 834. The van der Waals surface area contributed by atoms with Gasteiger partial charge in [0.05, 0.1) is 29.1 Å². The highest BCUT2D eigenvalue weighted by Crippen LogP contribution is 2.30. The molecule has 4 heterocycles. The zero-order chi connectivity index (χ0) is 16.7. The molecule has 7 nitrogen and oxygen atoms in total. The number of rotatable bonds is 4. The number of nitrogens with one attached hydrogen (secondary N) is 1. The zero-order valence-corrected chi connectivity index (χ0v) is 15.2. The lowest BCUT2D eigenvalue weighted by molar-refractivity contribution is 0.257. The lowest BCUT2D eigenvalue weighted by atomic mass is 10.1. The molecule has 2 aliphatic heterocycles. The summed E-state index contributed by atoms with van der Waals surface area (Å²) in [5.41, 5.74) is 2.52. The van der Waals surface area contributed by atoms with E-state index in [0.29, 0.717) is 17.3 Å². The molecular weight excluding hydrogens is 346 g/mol. The van der Waals surface area contributed by atoms with Gasteiger partial charge in [-0.1, -0.05) is 6.92 Å². The van der Waals surface area contributed by atoms with Crippen molar-refractivity contribution in [3.63, 3.8) is 0 Å². The highest BCUT2D eigenvalue weighted by molar-refractivity contribution is 7.91. The summed E-state index contributed by atoms with van der Waals surface area (Å²) in [7, 11) is -3.41. The first-order chi connectivity index (χ1) is 11.6. The topological polar surface area (TPSA) is 80.1 Å². The van der Waals surface area contributed by atoms with Gasteiger partial charge < -0.3 is 5.32 Å². The van der Waals surface area contributed by atoms with Gasteiger partial charge in [-0.05, 0) is 19.3 Å². The smallest absolute Gasteiger partial charge is 0.254 e. The summed E-state index contributed by atoms with van der Waals surface area (Å²) in [6, 6.07) is 0.285. The molecule has 0 amide bonds. The highest BCUT2D eigenvalue weighted by atomic mass is 32.2. The van der Waals surface area contributed by atoms with Crippen LogP contribution in [0.2, 0.25) is 0 Å². The van der Waals surface area contributed by atoms with Crippen molar-refractivity contribution in [3.05, 3.63) is 28.7 Å². The Morgan fingerprint density at radius 2 is 2.08 bits per heavy atom. The third kappa shape index (κ3) is 2.69. The number of aryl methyl sites for hydroxylation is 1. The normalized spacial score (nSPS) is 19.7. The lowest BCUT2D eigenvalue weighted by Gasteiger charge is -2.31. The summed E-state index contributed by atoms with van der Waals surface area (Å²) in [5, 5.41) is 8.72. The molecule has 0 bridgehead atoms. The molecule has 4 rings (SSSR count). The zero-order valence-electron chi connectivity index (χ0n) is 13.6. The van der Waals surface area contributed by atoms with E-state index in [2.05, 4.69) is 20.1 Å². The Balaban J connectivity index is 1.47. The Morgan fingerprint density at radius 3 is 2.79 bits per heavy atom. The number of aromatic nitrogens is 3. The van der Waals surface area contributed by atoms with E-state index in [1.54, 1.807) is 4.31 Å². The molecule has 9 heteroatoms. The van der Waals surface area contributed by atoms with E-state index in [1.165, 1.54) is 28.8 Å². The molecule has 130 valence electrons. The maximum Gasteiger partial charge on any atom is 0.254 e. The predicted octanol–water partition coefficient (Wildman–Crippen LogP) is 1.53. The van der Waals surface area contributed by atoms with Crippen LogP contribution in [-0.2, 0) is 29.5 Å². The first-order valence-electron chi connectivity index (χ1n) is 8.30. The van der Waals surface area contributed by atoms with Gasteiger partial charge in [0.2, 0.25) is 0 Å². The molecule has 0 radical (unpaired) electrons. The van der Waals surface area contributed by atoms with Crippen LogP contribution in [0.5, 0.6) is 0 Å². The molecule has 0 aliphatic carbocycles. The van der Waals surface area contributed by atoms with Gasteiger partial charge in [0.25, 0.3) is 10.0 Å². The number of fused-ring (bicyclic) bond motifs is 1. The summed E-state index contributed by atoms with van der Waals surface area (Å²) in [6.45, 7) is 4.79. The van der Waals surface area contributed by atoms with Crippen molar-refractivity contribution >= 4 is 21.4 Å². The average Bonchev–Trinajstić information content (AvgIpc) is 3.31. The highest BCUT2D eigenvalue weighted by Gasteiger charge is 2.32. The maximum atomic E-state index is 12.8. The van der Waals surface area contributed by atoms with E-state index < -0.39 is 10.0 Å². The SMILES string of the molecule is CCc1ncc(S(=O)(=O)N2CCC(n3ncc4c3CNC4)CC2)s1. The van der Waals surface area contributed by atoms with Crippen LogP contribution in [0.3, 0.4) is 0 Å². The van der Waals surface area contributed by atoms with Gasteiger partial charge in [-0.3, -0.25) is 4.68 Å². The van der Waals surface area contributed by atoms with Crippen LogP contribution < -0.4 is 5.32 Å². The Kier molecular flexibility index (Phi) is 4.19. The fourth-order valence-electron chi connectivity index (χ4n) is 3.43. The minimum atomic E-state index is -3.41. The molecule has 1 fully saturated rings. The summed E-state index contributed by atoms with van der Waals surface area (Å²) in [5.74, 6) is 0. The van der Waals surface area contributed by atoms with Crippen LogP contribution >= 0.6 is 11.3 Å². The summed E-state index contributed by atoms with van der Waals surface area (Å²) < 4.78 is 29.6. The first kappa shape index (κ1) is 16.2. The number of thiazole rings is 1. The second-order valence-corrected chi connectivity index (χ2v) is 9.51. The number of hydrogen-bond acceptors (Lipinski definition) is 6. The third-order valence-corrected chi connectivity index (χ3v) is 8.27. The van der Waals surface area contributed by atoms with Crippen LogP contribution in [-0.4, -0.2) is 40.6 Å². The van der Waals surface area contributed by atoms with Crippen molar-refractivity contribution in [2.75, 3.05) is 13.1 Å². The van der Waals surface area contributed by atoms with Crippen LogP contribution in [0.15, 0.2) is 16.6 Å². The van der Waals surface area contributed by atoms with Gasteiger partial charge >= 0.3 is 0 Å². The second-order valence-electron chi connectivity index (χ2n) is 6.23. The van der Waals surface area contributed by atoms with Crippen molar-refractivity contribution in [1.82, 2.24) is 24.4 Å². The molecule has 2 aromatic rings. The van der Waals surface area contributed by atoms with E-state index in [4.69, 9.17) is 0 Å². The molecule has 1 saturated heterocycles. The van der Waals surface area contributed by atoms with E-state index in [-0.39, 0.29) is 6.04 Å². The quantitative estimate of drug-likeness (QED) is 0.886. The van der Waals surface area contributed by atoms with Crippen molar-refractivity contribution in [2.45, 2.75) is 49.5 Å². The standard InChI is InChI=1S/C15H21N5O2S2/c1-2-14-17-10-15(23-14)24(21,22)19-5-3-12(4-6-19)20-13-9-16-7-11(13)8-18-20/h8,10,12,16H,2-7,9H2,1H3. The van der Waals surface area contributed by atoms with Crippen LogP contribution in [0, 0.1) is 0 Å². The monoisotopic (exact) mass is 367 g/mol. The summed E-state index contributed by atoms with van der Waals surface area (Å²) >= 11 is 1.28. The van der Waals surface area contributed by atoms with Gasteiger partial charge in [-0.2, -0.15) is 9.40 Å². The Morgan fingerprint density at radius 1 is 1.29 bits per heavy atom. The Labute approximate surface area is 145 Å². The Hall–Kier alpha value is -1.29. The molecule has 24 heavy (non-hydrogen) atoms. The van der Waals surface area contributed by atoms with Gasteiger partial charge in [0, 0.05) is 31.7 Å². The minimum absolute atomic E-state index is 0.285. The molecule has 0 unspecified atom stereocenters. The molecule has 1 N–H and O–H groups in total. The fraction of sp³-hybridized carbons (Fsp3) is 0.600. The van der Waals surface area contributed by atoms with Crippen molar-refractivity contribution < 1.29 is 8.42 Å². The van der Waals surface area contributed by atoms with Crippen LogP contribution in [0.1, 0.15) is 42.1 Å². The van der Waals surface area contributed by atoms with Crippen LogP contribution in [0.25, 0.3) is 0 Å². The van der Waals surface area contributed by atoms with E-state index in [1.807, 2.05) is 13.1 Å². The molecule has 0 aromatic carbocycles. The predicted molar refractivity (Wildman–Crippen MR) is 91.3 cm³/mol. The largest absolute Gasteiger partial charge is 0.307 e. The summed E-state index contributed by atoms with van der Waals surface area (Å²) in [4.78, 5) is 4.18. The van der Waals surface area contributed by atoms with Gasteiger partial charge in [-0.25, -0.2) is 13.4 Å². The van der Waals surface area contributed by atoms with E-state index >= 15 is 0 Å². The van der Waals surface area contributed by atoms with Crippen molar-refractivity contribution in [3.8, 4) is 0 Å². The van der Waals surface area contributed by atoms with Gasteiger partial charge in [-0.15, -0.1) is 11.3 Å². The van der Waals surface area contributed by atoms with Crippen LogP contribution in [0.4, 0.5) is 0 Å². The molecule has 0 saturated carbocycles. The number of nitrogens with zero attached hydrogens (tertiary/aromatic N) is 4. The number of sulfonamides is 1. The lowest BCUT2D eigenvalue weighted by Crippen LogP contribution is -2.39. The number of hydrogen-bond donors (Lipinski definition) is 1. The van der Waals surface area contributed by atoms with Gasteiger partial charge in [0.1, 0.15) is 0 Å². The second kappa shape index (κ2) is 6.21. The van der Waals surface area contributed by atoms with E-state index in [9.17, 15) is 8.42 Å². The molecule has 2 aromatic heterocycles. The minimum Gasteiger partial charge on any atom is -0.307 e. The molecule has 0 spiro atoms. The average molecular weight is 368 g/mol. The first-order valence-corrected chi connectivity index (χ1v) is 10.6. The third-order valence-electron chi connectivity index (χ3n) is 4.79. The van der Waals surface area contributed by atoms with Crippen molar-refractivity contribution in [1.29, 1.82) is 0 Å². The molecule has 0 atom stereocenters. The van der Waals surface area contributed by atoms with E-state index in [0.717, 1.165) is 37.4 Å². The van der Waals surface area contributed by atoms with Gasteiger partial charge in [0.15, 0.2) is 4.21 Å². The maximum absolute atomic E-state index is 12.8. The summed E-state index contributed by atoms with van der Waals surface area (Å²) in [6.07, 6.45) is 5.79. The molecular formula is C15H21N5O2S2. The van der Waals surface area contributed by atoms with Crippen molar-refractivity contribution in [2.24, 2.45) is 0 Å². The molecule has 2 aliphatic rings. The fourth-order valence-corrected chi connectivity index (χ4v) is 6.17. The number of piperidine rings is 1.